The van der Waals surface area contributed by atoms with Gasteiger partial charge >= 0.3 is 0 Å². The highest BCUT2D eigenvalue weighted by Gasteiger charge is 2.22. The number of hydrogen-bond acceptors (Lipinski definition) is 5. The average Bonchev–Trinajstić information content (AvgIpc) is 3.52. The Balaban J connectivity index is 1.36. The molecular formula is C20H21ClN2O4. The minimum Gasteiger partial charge on any atom is -0.489 e. The molecule has 6 nitrogen and oxygen atoms in total. The third-order valence-corrected chi connectivity index (χ3v) is 4.76. The van der Waals surface area contributed by atoms with Gasteiger partial charge in [0.15, 0.2) is 11.5 Å². The number of hydrogen-bond donors (Lipinski definition) is 1. The van der Waals surface area contributed by atoms with Gasteiger partial charge in [0.1, 0.15) is 0 Å². The van der Waals surface area contributed by atoms with E-state index >= 15 is 0 Å². The molecule has 0 unspecified atom stereocenters. The van der Waals surface area contributed by atoms with Crippen LogP contribution < -0.4 is 19.5 Å². The van der Waals surface area contributed by atoms with E-state index in [-0.39, 0.29) is 5.91 Å². The summed E-state index contributed by atoms with van der Waals surface area (Å²) < 4.78 is 16.8. The second kappa shape index (κ2) is 8.05. The number of rotatable bonds is 6. The van der Waals surface area contributed by atoms with Crippen LogP contribution in [0.5, 0.6) is 17.4 Å². The number of halogens is 1. The molecule has 1 amide bonds. The first kappa shape index (κ1) is 17.9. The van der Waals surface area contributed by atoms with E-state index in [1.54, 1.807) is 18.3 Å². The van der Waals surface area contributed by atoms with Crippen molar-refractivity contribution in [2.75, 3.05) is 19.8 Å². The van der Waals surface area contributed by atoms with Gasteiger partial charge in [0, 0.05) is 30.8 Å². The number of nitrogens with one attached hydrogen (secondary N) is 1. The number of aromatic nitrogens is 1. The van der Waals surface area contributed by atoms with Crippen LogP contribution in [0.15, 0.2) is 30.5 Å². The number of carbonyl (C=O) groups is 1. The molecule has 2 heterocycles. The maximum atomic E-state index is 12.5. The predicted octanol–water partition coefficient (Wildman–Crippen LogP) is 3.62. The van der Waals surface area contributed by atoms with Crippen LogP contribution in [-0.2, 0) is 6.54 Å². The van der Waals surface area contributed by atoms with Crippen molar-refractivity contribution in [1.29, 1.82) is 0 Å². The Labute approximate surface area is 162 Å². The van der Waals surface area contributed by atoms with E-state index in [9.17, 15) is 4.79 Å². The topological polar surface area (TPSA) is 69.7 Å². The Morgan fingerprint density at radius 3 is 2.89 bits per heavy atom. The molecule has 0 spiro atoms. The van der Waals surface area contributed by atoms with E-state index in [0.29, 0.717) is 53.6 Å². The lowest BCUT2D eigenvalue weighted by Crippen LogP contribution is -2.23. The Morgan fingerprint density at radius 1 is 1.26 bits per heavy atom. The molecule has 1 aliphatic heterocycles. The predicted molar refractivity (Wildman–Crippen MR) is 101 cm³/mol. The first-order chi connectivity index (χ1) is 13.2. The van der Waals surface area contributed by atoms with Crippen molar-refractivity contribution in [3.63, 3.8) is 0 Å². The van der Waals surface area contributed by atoms with Gasteiger partial charge in [-0.3, -0.25) is 4.79 Å². The smallest absolute Gasteiger partial charge is 0.251 e. The molecule has 0 atom stereocenters. The maximum absolute atomic E-state index is 12.5. The van der Waals surface area contributed by atoms with Crippen LogP contribution in [0.3, 0.4) is 0 Å². The standard InChI is InChI=1S/C20H21ClN2O4/c21-16-8-15(9-17-19(16)26-7-1-6-25-17)20(24)23-11-14-4-5-18(22-10-14)27-12-13-2-3-13/h4-5,8-10,13H,1-3,6-7,11-12H2,(H,23,24). The summed E-state index contributed by atoms with van der Waals surface area (Å²) in [5.74, 6) is 2.07. The molecule has 0 saturated heterocycles. The van der Waals surface area contributed by atoms with Gasteiger partial charge in [-0.05, 0) is 36.5 Å². The van der Waals surface area contributed by atoms with Crippen molar-refractivity contribution < 1.29 is 19.0 Å². The molecule has 4 rings (SSSR count). The zero-order valence-electron chi connectivity index (χ0n) is 14.9. The third kappa shape index (κ3) is 4.63. The van der Waals surface area contributed by atoms with Crippen LogP contribution in [0.2, 0.25) is 5.02 Å². The zero-order chi connectivity index (χ0) is 18.6. The summed E-state index contributed by atoms with van der Waals surface area (Å²) in [6, 6.07) is 6.98. The largest absolute Gasteiger partial charge is 0.489 e. The van der Waals surface area contributed by atoms with Crippen molar-refractivity contribution in [2.45, 2.75) is 25.8 Å². The molecule has 1 aromatic carbocycles. The summed E-state index contributed by atoms with van der Waals surface area (Å²) in [6.45, 7) is 2.18. The van der Waals surface area contributed by atoms with E-state index in [1.807, 2.05) is 12.1 Å². The normalized spacial score (nSPS) is 15.7. The second-order valence-electron chi connectivity index (χ2n) is 6.78. The molecule has 1 N–H and O–H groups in total. The summed E-state index contributed by atoms with van der Waals surface area (Å²) in [6.07, 6.45) is 4.98. The summed E-state index contributed by atoms with van der Waals surface area (Å²) in [7, 11) is 0. The molecule has 0 radical (unpaired) electrons. The van der Waals surface area contributed by atoms with Crippen molar-refractivity contribution >= 4 is 17.5 Å². The Morgan fingerprint density at radius 2 is 2.11 bits per heavy atom. The molecule has 7 heteroatoms. The molecule has 0 bridgehead atoms. The number of pyridine rings is 1. The van der Waals surface area contributed by atoms with Gasteiger partial charge in [-0.2, -0.15) is 0 Å². The molecule has 2 aliphatic rings. The number of fused-ring (bicyclic) bond motifs is 1. The fraction of sp³-hybridized carbons (Fsp3) is 0.400. The van der Waals surface area contributed by atoms with Crippen molar-refractivity contribution in [1.82, 2.24) is 10.3 Å². The molecule has 2 aromatic rings. The highest BCUT2D eigenvalue weighted by Crippen LogP contribution is 2.38. The van der Waals surface area contributed by atoms with Gasteiger partial charge in [0.2, 0.25) is 5.88 Å². The van der Waals surface area contributed by atoms with Gasteiger partial charge < -0.3 is 19.5 Å². The lowest BCUT2D eigenvalue weighted by Gasteiger charge is -2.12. The molecular weight excluding hydrogens is 368 g/mol. The summed E-state index contributed by atoms with van der Waals surface area (Å²) >= 11 is 6.25. The van der Waals surface area contributed by atoms with Crippen LogP contribution >= 0.6 is 11.6 Å². The fourth-order valence-electron chi connectivity index (χ4n) is 2.73. The molecule has 1 aromatic heterocycles. The van der Waals surface area contributed by atoms with Crippen LogP contribution in [0.4, 0.5) is 0 Å². The van der Waals surface area contributed by atoms with E-state index in [2.05, 4.69) is 10.3 Å². The fourth-order valence-corrected chi connectivity index (χ4v) is 3.00. The number of carbonyl (C=O) groups excluding carboxylic acids is 1. The molecule has 1 aliphatic carbocycles. The Hall–Kier alpha value is -2.47. The van der Waals surface area contributed by atoms with Gasteiger partial charge in [-0.1, -0.05) is 17.7 Å². The molecule has 1 fully saturated rings. The number of nitrogens with zero attached hydrogens (tertiary/aromatic N) is 1. The SMILES string of the molecule is O=C(NCc1ccc(OCC2CC2)nc1)c1cc(Cl)c2c(c1)OCCCO2. The van der Waals surface area contributed by atoms with E-state index in [1.165, 1.54) is 12.8 Å². The Bertz CT molecular complexity index is 821. The van der Waals surface area contributed by atoms with Crippen LogP contribution in [-0.4, -0.2) is 30.7 Å². The van der Waals surface area contributed by atoms with Crippen LogP contribution in [0, 0.1) is 5.92 Å². The van der Waals surface area contributed by atoms with Gasteiger partial charge in [-0.25, -0.2) is 4.98 Å². The number of ether oxygens (including phenoxy) is 3. The summed E-state index contributed by atoms with van der Waals surface area (Å²) in [5.41, 5.74) is 1.32. The number of amides is 1. The van der Waals surface area contributed by atoms with Gasteiger partial charge in [-0.15, -0.1) is 0 Å². The van der Waals surface area contributed by atoms with E-state index < -0.39 is 0 Å². The van der Waals surface area contributed by atoms with Crippen LogP contribution in [0.1, 0.15) is 35.2 Å². The van der Waals surface area contributed by atoms with Gasteiger partial charge in [0.25, 0.3) is 5.91 Å². The first-order valence-corrected chi connectivity index (χ1v) is 9.52. The number of benzene rings is 1. The highest BCUT2D eigenvalue weighted by atomic mass is 35.5. The average molecular weight is 389 g/mol. The van der Waals surface area contributed by atoms with Gasteiger partial charge in [0.05, 0.1) is 24.8 Å². The van der Waals surface area contributed by atoms with Crippen molar-refractivity contribution in [2.24, 2.45) is 5.92 Å². The quantitative estimate of drug-likeness (QED) is 0.818. The Kier molecular flexibility index (Phi) is 5.34. The summed E-state index contributed by atoms with van der Waals surface area (Å²) in [4.78, 5) is 16.8. The lowest BCUT2D eigenvalue weighted by atomic mass is 10.1. The summed E-state index contributed by atoms with van der Waals surface area (Å²) in [5, 5.41) is 3.24. The molecule has 142 valence electrons. The zero-order valence-corrected chi connectivity index (χ0v) is 15.6. The molecule has 1 saturated carbocycles. The third-order valence-electron chi connectivity index (χ3n) is 4.48. The first-order valence-electron chi connectivity index (χ1n) is 9.14. The maximum Gasteiger partial charge on any atom is 0.251 e. The lowest BCUT2D eigenvalue weighted by molar-refractivity contribution is 0.0950. The van der Waals surface area contributed by atoms with E-state index in [4.69, 9.17) is 25.8 Å². The highest BCUT2D eigenvalue weighted by molar-refractivity contribution is 6.32. The van der Waals surface area contributed by atoms with Crippen molar-refractivity contribution in [3.8, 4) is 17.4 Å². The van der Waals surface area contributed by atoms with Crippen LogP contribution in [0.25, 0.3) is 0 Å². The minimum atomic E-state index is -0.235. The van der Waals surface area contributed by atoms with E-state index in [0.717, 1.165) is 18.6 Å². The van der Waals surface area contributed by atoms with Crippen molar-refractivity contribution in [3.05, 3.63) is 46.6 Å². The monoisotopic (exact) mass is 388 g/mol. The second-order valence-corrected chi connectivity index (χ2v) is 7.18. The minimum absolute atomic E-state index is 0.235. The molecule has 27 heavy (non-hydrogen) atoms.